The van der Waals surface area contributed by atoms with E-state index in [2.05, 4.69) is 65.2 Å². The maximum atomic E-state index is 13.9. The van der Waals surface area contributed by atoms with Gasteiger partial charge >= 0.3 is 6.03 Å². The molecule has 2 N–H and O–H groups in total. The Balaban J connectivity index is 1.65. The van der Waals surface area contributed by atoms with Crippen molar-refractivity contribution in [1.29, 1.82) is 0 Å². The van der Waals surface area contributed by atoms with Gasteiger partial charge in [0.05, 0.1) is 24.2 Å². The van der Waals surface area contributed by atoms with Gasteiger partial charge < -0.3 is 20.0 Å². The van der Waals surface area contributed by atoms with Crippen LogP contribution in [0.1, 0.15) is 94.0 Å². The van der Waals surface area contributed by atoms with E-state index in [4.69, 9.17) is 9.52 Å². The van der Waals surface area contributed by atoms with Gasteiger partial charge in [-0.25, -0.2) is 9.48 Å². The van der Waals surface area contributed by atoms with Crippen LogP contribution in [-0.4, -0.2) is 33.2 Å². The number of hydrogen-bond acceptors (Lipinski definition) is 4. The van der Waals surface area contributed by atoms with Crippen molar-refractivity contribution in [2.45, 2.75) is 86.1 Å². The molecule has 0 saturated carbocycles. The van der Waals surface area contributed by atoms with Gasteiger partial charge in [0.25, 0.3) is 0 Å². The number of urea groups is 1. The molecule has 0 aliphatic rings. The highest BCUT2D eigenvalue weighted by Gasteiger charge is 2.25. The van der Waals surface area contributed by atoms with E-state index in [0.29, 0.717) is 11.6 Å². The minimum atomic E-state index is -0.375. The van der Waals surface area contributed by atoms with Crippen LogP contribution in [0, 0.1) is 13.8 Å². The molecule has 0 fully saturated rings. The summed E-state index contributed by atoms with van der Waals surface area (Å²) in [6.07, 6.45) is 1.56. The Bertz CT molecular complexity index is 1550. The second kappa shape index (κ2) is 12.9. The minimum Gasteiger partial charge on any atom is -0.467 e. The number of nitrogens with zero attached hydrogens (tertiary/aromatic N) is 3. The number of aryl methyl sites for hydroxylation is 2. The normalized spacial score (nSPS) is 11.7. The molecule has 0 saturated heterocycles. The lowest BCUT2D eigenvalue weighted by molar-refractivity contribution is -0.116. The van der Waals surface area contributed by atoms with Crippen molar-refractivity contribution in [3.8, 4) is 5.69 Å². The number of anilines is 2. The highest BCUT2D eigenvalue weighted by molar-refractivity contribution is 5.97. The number of rotatable bonds is 9. The molecule has 0 aliphatic heterocycles. The van der Waals surface area contributed by atoms with Crippen molar-refractivity contribution in [2.75, 3.05) is 17.2 Å². The maximum absolute atomic E-state index is 13.9. The van der Waals surface area contributed by atoms with Gasteiger partial charge in [-0.2, -0.15) is 5.10 Å². The third-order valence-electron chi connectivity index (χ3n) is 7.48. The van der Waals surface area contributed by atoms with Gasteiger partial charge in [0.15, 0.2) is 0 Å². The van der Waals surface area contributed by atoms with Gasteiger partial charge in [-0.15, -0.1) is 0 Å². The number of furan rings is 1. The van der Waals surface area contributed by atoms with E-state index in [1.165, 1.54) is 4.90 Å². The number of aromatic nitrogens is 2. The summed E-state index contributed by atoms with van der Waals surface area (Å²) in [4.78, 5) is 29.0. The van der Waals surface area contributed by atoms with Gasteiger partial charge in [0.2, 0.25) is 5.91 Å². The van der Waals surface area contributed by atoms with Crippen LogP contribution in [0.25, 0.3) is 5.69 Å². The molecule has 2 aromatic carbocycles. The second-order valence-electron chi connectivity index (χ2n) is 12.9. The fourth-order valence-electron chi connectivity index (χ4n) is 5.09. The van der Waals surface area contributed by atoms with Crippen LogP contribution < -0.4 is 10.6 Å². The first kappa shape index (κ1) is 31.6. The van der Waals surface area contributed by atoms with Crippen molar-refractivity contribution in [3.63, 3.8) is 0 Å². The zero-order chi connectivity index (χ0) is 31.5. The highest BCUT2D eigenvalue weighted by Crippen LogP contribution is 2.33. The SMILES string of the molecule is Cc1ccc(-n2nc(C(C)(C)C)cc2NC(=O)CN(Cc2ccco2)C(=O)Nc2c(C(C)C)cccc2C(C)C)c(C)c1. The molecule has 2 aromatic heterocycles. The average molecular weight is 584 g/mol. The minimum absolute atomic E-state index is 0.136. The molecular formula is C35H45N5O3. The molecule has 8 nitrogen and oxygen atoms in total. The lowest BCUT2D eigenvalue weighted by atomic mass is 9.92. The second-order valence-corrected chi connectivity index (χ2v) is 12.9. The Hall–Kier alpha value is -4.33. The zero-order valence-electron chi connectivity index (χ0n) is 26.9. The molecule has 2 heterocycles. The van der Waals surface area contributed by atoms with Crippen LogP contribution in [0.3, 0.4) is 0 Å². The van der Waals surface area contributed by atoms with Crippen LogP contribution >= 0.6 is 0 Å². The number of benzene rings is 2. The van der Waals surface area contributed by atoms with Gasteiger partial charge in [-0.3, -0.25) is 4.79 Å². The number of carbonyl (C=O) groups is 2. The molecule has 0 bridgehead atoms. The third-order valence-corrected chi connectivity index (χ3v) is 7.48. The Morgan fingerprint density at radius 2 is 1.60 bits per heavy atom. The number of carbonyl (C=O) groups excluding carboxylic acids is 2. The summed E-state index contributed by atoms with van der Waals surface area (Å²) >= 11 is 0. The Morgan fingerprint density at radius 1 is 0.930 bits per heavy atom. The van der Waals surface area contributed by atoms with Gasteiger partial charge in [0, 0.05) is 17.2 Å². The van der Waals surface area contributed by atoms with Crippen molar-refractivity contribution < 1.29 is 14.0 Å². The molecule has 0 spiro atoms. The molecule has 3 amide bonds. The monoisotopic (exact) mass is 583 g/mol. The van der Waals surface area contributed by atoms with E-state index in [-0.39, 0.29) is 42.3 Å². The Labute approximate surface area is 255 Å². The molecule has 4 aromatic rings. The van der Waals surface area contributed by atoms with Gasteiger partial charge in [0.1, 0.15) is 18.1 Å². The standard InChI is InChI=1S/C35H45N5O3/c1-22(2)27-13-10-14-28(23(3)4)33(27)37-34(42)39(20-26-12-11-17-43-26)21-32(41)36-31-19-30(35(7,8)9)38-40(31)29-16-15-24(5)18-25(29)6/h10-19,22-23H,20-21H2,1-9H3,(H,36,41)(H,37,42). The van der Waals surface area contributed by atoms with E-state index >= 15 is 0 Å². The maximum Gasteiger partial charge on any atom is 0.322 e. The highest BCUT2D eigenvalue weighted by atomic mass is 16.3. The molecular weight excluding hydrogens is 538 g/mol. The van der Waals surface area contributed by atoms with Gasteiger partial charge in [-0.1, -0.05) is 84.4 Å². The van der Waals surface area contributed by atoms with E-state index in [1.54, 1.807) is 23.1 Å². The molecule has 43 heavy (non-hydrogen) atoms. The first-order valence-corrected chi connectivity index (χ1v) is 14.9. The smallest absolute Gasteiger partial charge is 0.322 e. The molecule has 0 radical (unpaired) electrons. The van der Waals surface area contributed by atoms with Crippen LogP contribution in [0.15, 0.2) is 65.3 Å². The van der Waals surface area contributed by atoms with Crippen LogP contribution in [-0.2, 0) is 16.8 Å². The largest absolute Gasteiger partial charge is 0.467 e. The number of nitrogens with one attached hydrogen (secondary N) is 2. The summed E-state index contributed by atoms with van der Waals surface area (Å²) < 4.78 is 7.34. The topological polar surface area (TPSA) is 92.4 Å². The zero-order valence-corrected chi connectivity index (χ0v) is 26.9. The number of hydrogen-bond donors (Lipinski definition) is 2. The molecule has 228 valence electrons. The molecule has 0 unspecified atom stereocenters. The Morgan fingerprint density at radius 3 is 2.16 bits per heavy atom. The molecule has 8 heteroatoms. The van der Waals surface area contributed by atoms with E-state index < -0.39 is 0 Å². The summed E-state index contributed by atoms with van der Waals surface area (Å²) in [5.74, 6) is 1.21. The summed E-state index contributed by atoms with van der Waals surface area (Å²) in [5, 5.41) is 11.1. The molecule has 0 aliphatic carbocycles. The predicted octanol–water partition coefficient (Wildman–Crippen LogP) is 8.30. The summed E-state index contributed by atoms with van der Waals surface area (Å²) in [5.41, 5.74) is 6.59. The molecule has 4 rings (SSSR count). The predicted molar refractivity (Wildman–Crippen MR) is 173 cm³/mol. The fourth-order valence-corrected chi connectivity index (χ4v) is 5.09. The summed E-state index contributed by atoms with van der Waals surface area (Å²) in [7, 11) is 0. The van der Waals surface area contributed by atoms with Crippen molar-refractivity contribution in [2.24, 2.45) is 0 Å². The third kappa shape index (κ3) is 7.55. The first-order chi connectivity index (χ1) is 20.2. The van der Waals surface area contributed by atoms with Gasteiger partial charge in [-0.05, 0) is 60.6 Å². The van der Waals surface area contributed by atoms with Crippen LogP contribution in [0.2, 0.25) is 0 Å². The number of amides is 3. The quantitative estimate of drug-likeness (QED) is 0.207. The van der Waals surface area contributed by atoms with Crippen molar-refractivity contribution in [1.82, 2.24) is 14.7 Å². The van der Waals surface area contributed by atoms with E-state index in [9.17, 15) is 9.59 Å². The first-order valence-electron chi connectivity index (χ1n) is 14.9. The number of para-hydroxylation sites is 1. The van der Waals surface area contributed by atoms with E-state index in [0.717, 1.165) is 39.3 Å². The van der Waals surface area contributed by atoms with Crippen molar-refractivity contribution in [3.05, 3.63) is 94.6 Å². The lowest BCUT2D eigenvalue weighted by Gasteiger charge is -2.25. The van der Waals surface area contributed by atoms with E-state index in [1.807, 2.05) is 50.2 Å². The Kier molecular flexibility index (Phi) is 9.48. The summed E-state index contributed by atoms with van der Waals surface area (Å²) in [6, 6.07) is 17.3. The fraction of sp³-hybridized carbons (Fsp3) is 0.400. The van der Waals surface area contributed by atoms with Crippen LogP contribution in [0.4, 0.5) is 16.3 Å². The lowest BCUT2D eigenvalue weighted by Crippen LogP contribution is -2.40. The van der Waals surface area contributed by atoms with Crippen LogP contribution in [0.5, 0.6) is 0 Å². The average Bonchev–Trinajstić information content (AvgIpc) is 3.58. The molecule has 0 atom stereocenters. The van der Waals surface area contributed by atoms with Crippen molar-refractivity contribution >= 4 is 23.4 Å². The summed E-state index contributed by atoms with van der Waals surface area (Å²) in [6.45, 7) is 18.7.